The third kappa shape index (κ3) is 3.43. The highest BCUT2D eigenvalue weighted by Crippen LogP contribution is 2.72. The van der Waals surface area contributed by atoms with E-state index in [1.54, 1.807) is 6.08 Å². The predicted molar refractivity (Wildman–Crippen MR) is 126 cm³/mol. The number of rotatable bonds is 3. The van der Waals surface area contributed by atoms with Gasteiger partial charge in [-0.3, -0.25) is 0 Å². The van der Waals surface area contributed by atoms with Crippen molar-refractivity contribution in [1.29, 1.82) is 0 Å². The van der Waals surface area contributed by atoms with Gasteiger partial charge in [-0.1, -0.05) is 34.1 Å². The Morgan fingerprint density at radius 2 is 1.49 bits per heavy atom. The number of halogens is 3. The molecule has 0 aromatic heterocycles. The maximum absolute atomic E-state index is 13.1. The molecule has 0 bridgehead atoms. The first-order valence-electron chi connectivity index (χ1n) is 13.3. The molecule has 0 aromatic rings. The smallest absolute Gasteiger partial charge is 0.380 e. The summed E-state index contributed by atoms with van der Waals surface area (Å²) in [5.74, 6) is 2.00. The number of aldehydes is 1. The molecule has 0 saturated heterocycles. The molecule has 4 fully saturated rings. The van der Waals surface area contributed by atoms with Crippen molar-refractivity contribution >= 4 is 16.4 Å². The van der Waals surface area contributed by atoms with Crippen LogP contribution in [0.2, 0.25) is 0 Å². The van der Waals surface area contributed by atoms with Crippen LogP contribution in [0.5, 0.6) is 0 Å². The normalized spacial score (nSPS) is 46.9. The summed E-state index contributed by atoms with van der Waals surface area (Å²) >= 11 is 0. The summed E-state index contributed by atoms with van der Waals surface area (Å²) in [6.45, 7) is 8.43. The van der Waals surface area contributed by atoms with Crippen LogP contribution in [0, 0.1) is 51.2 Å². The number of hydrogen-bond acceptors (Lipinski definition) is 4. The second-order valence-corrected chi connectivity index (χ2v) is 14.9. The van der Waals surface area contributed by atoms with Crippen LogP contribution in [0.1, 0.15) is 91.9 Å². The second-order valence-electron chi connectivity index (χ2n) is 13.4. The summed E-state index contributed by atoms with van der Waals surface area (Å²) < 4.78 is 67.5. The van der Waals surface area contributed by atoms with Crippen molar-refractivity contribution in [3.8, 4) is 0 Å². The van der Waals surface area contributed by atoms with Crippen molar-refractivity contribution in [3.05, 3.63) is 11.8 Å². The van der Waals surface area contributed by atoms with Gasteiger partial charge in [0, 0.05) is 10.8 Å². The van der Waals surface area contributed by atoms with Gasteiger partial charge in [0.25, 0.3) is 0 Å². The maximum atomic E-state index is 13.1. The highest BCUT2D eigenvalue weighted by molar-refractivity contribution is 7.87. The minimum Gasteiger partial charge on any atom is -0.380 e. The van der Waals surface area contributed by atoms with E-state index < -0.39 is 21.0 Å². The third-order valence-corrected chi connectivity index (χ3v) is 12.8. The molecule has 0 aromatic carbocycles. The largest absolute Gasteiger partial charge is 0.534 e. The molecule has 6 unspecified atom stereocenters. The molecule has 0 N–H and O–H groups in total. The van der Waals surface area contributed by atoms with Gasteiger partial charge >= 0.3 is 15.6 Å². The Bertz CT molecular complexity index is 1030. The van der Waals surface area contributed by atoms with Crippen LogP contribution in [0.3, 0.4) is 0 Å². The van der Waals surface area contributed by atoms with E-state index in [4.69, 9.17) is 4.18 Å². The van der Waals surface area contributed by atoms with Gasteiger partial charge in [-0.05, 0) is 104 Å². The summed E-state index contributed by atoms with van der Waals surface area (Å²) in [5, 5.41) is 0. The Kier molecular flexibility index (Phi) is 5.65. The van der Waals surface area contributed by atoms with Crippen molar-refractivity contribution in [3.63, 3.8) is 0 Å². The van der Waals surface area contributed by atoms with E-state index in [9.17, 15) is 26.4 Å². The molecule has 198 valence electrons. The second kappa shape index (κ2) is 7.73. The first-order valence-corrected chi connectivity index (χ1v) is 14.7. The molecule has 4 nitrogen and oxygen atoms in total. The Hall–Kier alpha value is -1.05. The van der Waals surface area contributed by atoms with Crippen LogP contribution in [0.4, 0.5) is 13.2 Å². The number of carbonyl (C=O) groups excluding carboxylic acids is 1. The average Bonchev–Trinajstić information content (AvgIpc) is 3.19. The lowest BCUT2D eigenvalue weighted by Crippen LogP contribution is -2.60. The highest BCUT2D eigenvalue weighted by atomic mass is 32.2. The summed E-state index contributed by atoms with van der Waals surface area (Å²) in [6, 6.07) is 0. The minimum atomic E-state index is -5.69. The molecule has 4 saturated carbocycles. The van der Waals surface area contributed by atoms with Gasteiger partial charge in [0.1, 0.15) is 12.0 Å². The van der Waals surface area contributed by atoms with Gasteiger partial charge in [-0.15, -0.1) is 0 Å². The zero-order chi connectivity index (χ0) is 25.7. The van der Waals surface area contributed by atoms with Crippen molar-refractivity contribution < 1.29 is 30.6 Å². The van der Waals surface area contributed by atoms with Crippen molar-refractivity contribution in [1.82, 2.24) is 0 Å². The van der Waals surface area contributed by atoms with Crippen LogP contribution < -0.4 is 0 Å². The van der Waals surface area contributed by atoms with Gasteiger partial charge in [0.2, 0.25) is 0 Å². The van der Waals surface area contributed by atoms with E-state index in [2.05, 4.69) is 13.8 Å². The Morgan fingerprint density at radius 1 is 0.886 bits per heavy atom. The van der Waals surface area contributed by atoms with E-state index in [0.29, 0.717) is 30.1 Å². The Labute approximate surface area is 207 Å². The predicted octanol–water partition coefficient (Wildman–Crippen LogP) is 7.01. The van der Waals surface area contributed by atoms with Gasteiger partial charge in [-0.2, -0.15) is 21.6 Å². The van der Waals surface area contributed by atoms with E-state index >= 15 is 0 Å². The highest BCUT2D eigenvalue weighted by Gasteiger charge is 2.65. The van der Waals surface area contributed by atoms with Crippen LogP contribution in [0.25, 0.3) is 0 Å². The minimum absolute atomic E-state index is 0.0453. The molecule has 35 heavy (non-hydrogen) atoms. The zero-order valence-electron chi connectivity index (χ0n) is 21.3. The molecule has 8 atom stereocenters. The molecular formula is C27H39F3O4S. The van der Waals surface area contributed by atoms with Crippen LogP contribution in [-0.2, 0) is 19.1 Å². The summed E-state index contributed by atoms with van der Waals surface area (Å²) in [5.41, 5.74) is -6.30. The molecule has 8 heteroatoms. The molecular weight excluding hydrogens is 477 g/mol. The van der Waals surface area contributed by atoms with Crippen LogP contribution in [0.15, 0.2) is 11.8 Å². The van der Waals surface area contributed by atoms with Gasteiger partial charge in [0.05, 0.1) is 0 Å². The average molecular weight is 517 g/mol. The number of fused-ring (bicyclic) bond motifs is 7. The lowest BCUT2D eigenvalue weighted by Gasteiger charge is -2.67. The molecule has 0 radical (unpaired) electrons. The monoisotopic (exact) mass is 516 g/mol. The third-order valence-electron chi connectivity index (χ3n) is 11.8. The Morgan fingerprint density at radius 3 is 2.11 bits per heavy atom. The maximum Gasteiger partial charge on any atom is 0.534 e. The number of carbonyl (C=O) groups is 1. The number of alkyl halides is 3. The molecule has 0 spiro atoms. The fourth-order valence-electron chi connectivity index (χ4n) is 10.2. The Balaban J connectivity index is 1.45. The number of allylic oxidation sites excluding steroid dienone is 2. The lowest BCUT2D eigenvalue weighted by atomic mass is 9.38. The molecule has 0 heterocycles. The molecule has 0 aliphatic heterocycles. The van der Waals surface area contributed by atoms with E-state index in [-0.39, 0.29) is 27.9 Å². The molecule has 5 aliphatic carbocycles. The standard InChI is InChI=1S/C27H39F3O4S/c1-23(2)21-10-9-17-18(25(21,4)13-11-22(23)34-35(32,33)27(28,29)30)7-8-19-20-6-5-12-26(20,16-31)15-14-24(17,19)3/h11,16-21H,5-10,12-15H2,1-4H3/t17?,18?,19?,20-,21?,24+,25?,26?/m1/s1. The topological polar surface area (TPSA) is 60.4 Å². The van der Waals surface area contributed by atoms with E-state index in [0.717, 1.165) is 57.8 Å². The van der Waals surface area contributed by atoms with Gasteiger partial charge < -0.3 is 8.98 Å². The summed E-state index contributed by atoms with van der Waals surface area (Å²) in [6.07, 6.45) is 12.9. The van der Waals surface area contributed by atoms with Crippen LogP contribution >= 0.6 is 0 Å². The fraction of sp³-hybridized carbons (Fsp3) is 0.889. The summed E-state index contributed by atoms with van der Waals surface area (Å²) in [7, 11) is -5.69. The molecule has 0 amide bonds. The summed E-state index contributed by atoms with van der Waals surface area (Å²) in [4.78, 5) is 12.2. The van der Waals surface area contributed by atoms with E-state index in [1.165, 1.54) is 6.29 Å². The van der Waals surface area contributed by atoms with Crippen LogP contribution in [-0.4, -0.2) is 20.2 Å². The van der Waals surface area contributed by atoms with Crippen molar-refractivity contribution in [2.75, 3.05) is 0 Å². The SMILES string of the molecule is CC1(C)C(OS(=O)(=O)C(F)(F)F)=CCC2(C)C3CCC4[C@H]5CCCC5(C=O)CC[C@@]4(C)C3CCC12. The fourth-order valence-corrected chi connectivity index (χ4v) is 10.8. The first-order chi connectivity index (χ1) is 16.1. The lowest BCUT2D eigenvalue weighted by molar-refractivity contribution is -0.177. The molecule has 5 rings (SSSR count). The molecule has 5 aliphatic rings. The van der Waals surface area contributed by atoms with Crippen molar-refractivity contribution in [2.24, 2.45) is 51.2 Å². The van der Waals surface area contributed by atoms with Gasteiger partial charge in [-0.25, -0.2) is 0 Å². The zero-order valence-corrected chi connectivity index (χ0v) is 22.1. The number of hydrogen-bond donors (Lipinski definition) is 0. The first kappa shape index (κ1) is 25.6. The van der Waals surface area contributed by atoms with Gasteiger partial charge in [0.15, 0.2) is 0 Å². The quantitative estimate of drug-likeness (QED) is 0.230. The van der Waals surface area contributed by atoms with E-state index in [1.807, 2.05) is 13.8 Å². The van der Waals surface area contributed by atoms with Crippen molar-refractivity contribution in [2.45, 2.75) is 97.4 Å².